The number of sulfone groups is 1. The quantitative estimate of drug-likeness (QED) is 0.425. The van der Waals surface area contributed by atoms with Crippen molar-refractivity contribution in [2.45, 2.75) is 109 Å². The molecule has 3 rings (SSSR count). The van der Waals surface area contributed by atoms with Crippen LogP contribution in [0.1, 0.15) is 74.7 Å². The minimum Gasteiger partial charge on any atom is -0.444 e. The largest absolute Gasteiger partial charge is 0.498 e. The van der Waals surface area contributed by atoms with E-state index in [-0.39, 0.29) is 16.8 Å². The summed E-state index contributed by atoms with van der Waals surface area (Å²) in [7, 11) is -4.60. The monoisotopic (exact) mass is 538 g/mol. The summed E-state index contributed by atoms with van der Waals surface area (Å²) in [5, 5.41) is 2.23. The number of piperidine rings is 1. The standard InChI is InChI=1S/C24H39BN4O7S/c1-16(28-21(31)34-22(2,3)4)19(30)29-12-10-9-11-18(29)15-37(32,33)20-26-13-17(14-27-20)25-35-23(5,6)24(7,8)36-25/h13-14,16,18H,9-12,15H2,1-8H3,(H,28,31)/t16-,18+/m0/s1. The van der Waals surface area contributed by atoms with Crippen molar-refractivity contribution in [1.29, 1.82) is 0 Å². The van der Waals surface area contributed by atoms with Crippen molar-refractivity contribution in [2.75, 3.05) is 12.3 Å². The van der Waals surface area contributed by atoms with E-state index in [0.29, 0.717) is 18.4 Å². The van der Waals surface area contributed by atoms with Gasteiger partial charge in [-0.25, -0.2) is 23.2 Å². The molecule has 2 atom stereocenters. The van der Waals surface area contributed by atoms with E-state index in [0.717, 1.165) is 12.8 Å². The third kappa shape index (κ3) is 7.00. The number of ether oxygens (including phenoxy) is 1. The van der Waals surface area contributed by atoms with Crippen molar-refractivity contribution >= 4 is 34.4 Å². The average molecular weight is 538 g/mol. The lowest BCUT2D eigenvalue weighted by Crippen LogP contribution is -2.54. The molecule has 0 aliphatic carbocycles. The van der Waals surface area contributed by atoms with Gasteiger partial charge in [0.2, 0.25) is 20.9 Å². The zero-order valence-electron chi connectivity index (χ0n) is 23.0. The zero-order valence-corrected chi connectivity index (χ0v) is 23.8. The molecule has 0 radical (unpaired) electrons. The fourth-order valence-electron chi connectivity index (χ4n) is 4.17. The number of carbonyl (C=O) groups is 2. The van der Waals surface area contributed by atoms with E-state index < -0.39 is 51.9 Å². The zero-order chi connectivity index (χ0) is 27.8. The molecule has 2 saturated heterocycles. The van der Waals surface area contributed by atoms with Gasteiger partial charge in [0, 0.05) is 30.4 Å². The number of hydrogen-bond donors (Lipinski definition) is 1. The van der Waals surface area contributed by atoms with Crippen molar-refractivity contribution in [1.82, 2.24) is 20.2 Å². The number of rotatable bonds is 6. The lowest BCUT2D eigenvalue weighted by Gasteiger charge is -2.37. The van der Waals surface area contributed by atoms with Gasteiger partial charge in [-0.1, -0.05) is 0 Å². The van der Waals surface area contributed by atoms with Crippen molar-refractivity contribution in [2.24, 2.45) is 0 Å². The molecule has 1 aromatic heterocycles. The highest BCUT2D eigenvalue weighted by molar-refractivity contribution is 7.91. The molecule has 1 aromatic rings. The maximum Gasteiger partial charge on any atom is 0.498 e. The van der Waals surface area contributed by atoms with Crippen LogP contribution in [0, 0.1) is 0 Å². The molecule has 0 unspecified atom stereocenters. The molecular weight excluding hydrogens is 499 g/mol. The number of hydrogen-bond acceptors (Lipinski definition) is 9. The lowest BCUT2D eigenvalue weighted by molar-refractivity contribution is -0.136. The molecule has 13 heteroatoms. The predicted molar refractivity (Wildman–Crippen MR) is 138 cm³/mol. The van der Waals surface area contributed by atoms with Crippen molar-refractivity contribution < 1.29 is 32.1 Å². The molecule has 206 valence electrons. The Labute approximate surface area is 220 Å². The summed E-state index contributed by atoms with van der Waals surface area (Å²) >= 11 is 0. The van der Waals surface area contributed by atoms with Gasteiger partial charge in [-0.3, -0.25) is 4.79 Å². The Kier molecular flexibility index (Phi) is 8.31. The van der Waals surface area contributed by atoms with Crippen LogP contribution in [0.15, 0.2) is 17.6 Å². The van der Waals surface area contributed by atoms with Gasteiger partial charge in [0.1, 0.15) is 11.6 Å². The first kappa shape index (κ1) is 29.3. The normalized spacial score (nSPS) is 22.4. The van der Waals surface area contributed by atoms with Crippen LogP contribution < -0.4 is 10.8 Å². The van der Waals surface area contributed by atoms with Crippen LogP contribution in [0.2, 0.25) is 0 Å². The van der Waals surface area contributed by atoms with Gasteiger partial charge in [0.15, 0.2) is 0 Å². The van der Waals surface area contributed by atoms with Crippen LogP contribution >= 0.6 is 0 Å². The molecule has 0 saturated carbocycles. The first-order chi connectivity index (χ1) is 16.9. The first-order valence-corrected chi connectivity index (χ1v) is 14.3. The molecule has 2 amide bonds. The molecule has 11 nitrogen and oxygen atoms in total. The molecule has 2 fully saturated rings. The number of aromatic nitrogens is 2. The second-order valence-electron chi connectivity index (χ2n) is 11.7. The Balaban J connectivity index is 1.68. The minimum absolute atomic E-state index is 0.312. The molecule has 0 spiro atoms. The predicted octanol–water partition coefficient (Wildman–Crippen LogP) is 1.84. The van der Waals surface area contributed by atoms with Crippen LogP contribution in [0.4, 0.5) is 4.79 Å². The number of amides is 2. The fourth-order valence-corrected chi connectivity index (χ4v) is 5.60. The SMILES string of the molecule is C[C@H](NC(=O)OC(C)(C)C)C(=O)N1CCCC[C@@H]1CS(=O)(=O)c1ncc(B2OC(C)(C)C(C)(C)O2)cn1. The maximum absolute atomic E-state index is 13.2. The smallest absolute Gasteiger partial charge is 0.444 e. The summed E-state index contributed by atoms with van der Waals surface area (Å²) < 4.78 is 43.6. The Morgan fingerprint density at radius 2 is 1.73 bits per heavy atom. The highest BCUT2D eigenvalue weighted by atomic mass is 32.2. The lowest BCUT2D eigenvalue weighted by atomic mass is 9.81. The van der Waals surface area contributed by atoms with E-state index >= 15 is 0 Å². The third-order valence-electron chi connectivity index (χ3n) is 6.88. The molecule has 37 heavy (non-hydrogen) atoms. The number of alkyl carbamates (subject to hydrolysis) is 1. The average Bonchev–Trinajstić information content (AvgIpc) is 2.99. The highest BCUT2D eigenvalue weighted by Gasteiger charge is 2.52. The van der Waals surface area contributed by atoms with Gasteiger partial charge in [-0.2, -0.15) is 0 Å². The second kappa shape index (κ2) is 10.5. The number of nitrogens with zero attached hydrogens (tertiary/aromatic N) is 3. The number of nitrogens with one attached hydrogen (secondary N) is 1. The van der Waals surface area contributed by atoms with Crippen LogP contribution in [-0.4, -0.2) is 83.6 Å². The van der Waals surface area contributed by atoms with E-state index in [4.69, 9.17) is 14.0 Å². The minimum atomic E-state index is -3.89. The van der Waals surface area contributed by atoms with Crippen LogP contribution in [0.25, 0.3) is 0 Å². The van der Waals surface area contributed by atoms with E-state index in [9.17, 15) is 18.0 Å². The summed E-state index contributed by atoms with van der Waals surface area (Å²) in [6, 6.07) is -1.42. The van der Waals surface area contributed by atoms with Crippen molar-refractivity contribution in [3.05, 3.63) is 12.4 Å². The number of carbonyl (C=O) groups excluding carboxylic acids is 2. The Morgan fingerprint density at radius 1 is 1.16 bits per heavy atom. The Hall–Kier alpha value is -2.25. The van der Waals surface area contributed by atoms with Crippen LogP contribution in [0.3, 0.4) is 0 Å². The summed E-state index contributed by atoms with van der Waals surface area (Å²) in [5.74, 6) is -0.670. The van der Waals surface area contributed by atoms with Gasteiger partial charge in [-0.05, 0) is 74.7 Å². The van der Waals surface area contributed by atoms with Crippen LogP contribution in [-0.2, 0) is 28.7 Å². The molecule has 3 heterocycles. The Bertz CT molecular complexity index is 1090. The van der Waals surface area contributed by atoms with E-state index in [1.165, 1.54) is 17.3 Å². The van der Waals surface area contributed by atoms with Crippen molar-refractivity contribution in [3.63, 3.8) is 0 Å². The molecule has 2 aliphatic rings. The van der Waals surface area contributed by atoms with Gasteiger partial charge < -0.3 is 24.3 Å². The van der Waals surface area contributed by atoms with Gasteiger partial charge in [0.25, 0.3) is 0 Å². The van der Waals surface area contributed by atoms with Gasteiger partial charge >= 0.3 is 13.2 Å². The summed E-state index contributed by atoms with van der Waals surface area (Å²) in [6.45, 7) is 14.9. The van der Waals surface area contributed by atoms with Crippen molar-refractivity contribution in [3.8, 4) is 0 Å². The molecule has 0 bridgehead atoms. The summed E-state index contributed by atoms with van der Waals surface area (Å²) in [5.41, 5.74) is -1.27. The van der Waals surface area contributed by atoms with E-state index in [1.54, 1.807) is 27.7 Å². The molecule has 0 aromatic carbocycles. The van der Waals surface area contributed by atoms with E-state index in [1.807, 2.05) is 27.7 Å². The van der Waals surface area contributed by atoms with Crippen LogP contribution in [0.5, 0.6) is 0 Å². The Morgan fingerprint density at radius 3 is 2.27 bits per heavy atom. The molecule has 1 N–H and O–H groups in total. The maximum atomic E-state index is 13.2. The fraction of sp³-hybridized carbons (Fsp3) is 0.750. The second-order valence-corrected chi connectivity index (χ2v) is 13.6. The molecule has 2 aliphatic heterocycles. The van der Waals surface area contributed by atoms with E-state index in [2.05, 4.69) is 15.3 Å². The number of likely N-dealkylation sites (tertiary alicyclic amines) is 1. The topological polar surface area (TPSA) is 137 Å². The van der Waals surface area contributed by atoms with Gasteiger partial charge in [0.05, 0.1) is 17.0 Å². The first-order valence-electron chi connectivity index (χ1n) is 12.6. The van der Waals surface area contributed by atoms with Gasteiger partial charge in [-0.15, -0.1) is 0 Å². The summed E-state index contributed by atoms with van der Waals surface area (Å²) in [6.07, 6.45) is 4.17. The summed E-state index contributed by atoms with van der Waals surface area (Å²) in [4.78, 5) is 35.0. The third-order valence-corrected chi connectivity index (χ3v) is 8.47. The highest BCUT2D eigenvalue weighted by Crippen LogP contribution is 2.36. The molecular formula is C24H39BN4O7S.